The molecular formula is C36H58O7. The van der Waals surface area contributed by atoms with Crippen LogP contribution in [0.15, 0.2) is 34.9 Å². The molecule has 0 spiro atoms. The number of ether oxygens (including phenoxy) is 5. The van der Waals surface area contributed by atoms with Crippen LogP contribution in [0.5, 0.6) is 0 Å². The Hall–Kier alpha value is -1.51. The zero-order chi connectivity index (χ0) is 31.9. The number of carbonyl (C=O) groups excluding carboxylic acids is 1. The fourth-order valence-electron chi connectivity index (χ4n) is 9.78. The van der Waals surface area contributed by atoms with E-state index < -0.39 is 17.6 Å². The molecule has 9 atom stereocenters. The average Bonchev–Trinajstić information content (AvgIpc) is 3.29. The number of esters is 1. The number of allylic oxidation sites excluding steroid dienone is 3. The predicted molar refractivity (Wildman–Crippen MR) is 168 cm³/mol. The molecule has 4 aliphatic rings. The van der Waals surface area contributed by atoms with E-state index in [0.29, 0.717) is 18.3 Å². The lowest BCUT2D eigenvalue weighted by Gasteiger charge is -2.63. The Labute approximate surface area is 260 Å². The number of hydrogen-bond acceptors (Lipinski definition) is 7. The molecule has 0 aromatic carbocycles. The van der Waals surface area contributed by atoms with Gasteiger partial charge in [-0.1, -0.05) is 66.7 Å². The molecule has 7 nitrogen and oxygen atoms in total. The van der Waals surface area contributed by atoms with Crippen molar-refractivity contribution in [2.24, 2.45) is 39.9 Å². The van der Waals surface area contributed by atoms with Crippen molar-refractivity contribution in [3.05, 3.63) is 34.9 Å². The lowest BCUT2D eigenvalue weighted by molar-refractivity contribution is -0.238. The molecule has 1 N–H and O–H groups in total. The Morgan fingerprint density at radius 2 is 1.72 bits per heavy atom. The Kier molecular flexibility index (Phi) is 10.5. The smallest absolute Gasteiger partial charge is 0.303 e. The van der Waals surface area contributed by atoms with E-state index in [9.17, 15) is 9.90 Å². The molecule has 4 aliphatic carbocycles. The summed E-state index contributed by atoms with van der Waals surface area (Å²) in [4.78, 5) is 12.7. The van der Waals surface area contributed by atoms with Crippen LogP contribution in [0.1, 0.15) is 93.9 Å². The molecule has 0 heterocycles. The molecule has 0 aromatic heterocycles. The van der Waals surface area contributed by atoms with Gasteiger partial charge in [0.1, 0.15) is 25.8 Å². The molecule has 3 unspecified atom stereocenters. The minimum Gasteiger partial charge on any atom is -0.458 e. The second-order valence-electron chi connectivity index (χ2n) is 15.1. The van der Waals surface area contributed by atoms with Crippen LogP contribution in [-0.2, 0) is 28.5 Å². The first-order valence-electron chi connectivity index (χ1n) is 16.3. The molecule has 1 fully saturated rings. The maximum absolute atomic E-state index is 12.7. The second kappa shape index (κ2) is 13.1. The third-order valence-corrected chi connectivity index (χ3v) is 11.9. The van der Waals surface area contributed by atoms with Crippen LogP contribution in [0.2, 0.25) is 0 Å². The fourth-order valence-corrected chi connectivity index (χ4v) is 9.78. The molecule has 0 aromatic rings. The number of aliphatic hydroxyl groups is 1. The summed E-state index contributed by atoms with van der Waals surface area (Å²) in [5.74, 6) is 0.973. The Morgan fingerprint density at radius 1 is 1.07 bits per heavy atom. The van der Waals surface area contributed by atoms with Crippen LogP contribution < -0.4 is 0 Å². The number of methoxy groups -OCH3 is 2. The van der Waals surface area contributed by atoms with Gasteiger partial charge in [0.15, 0.2) is 0 Å². The topological polar surface area (TPSA) is 83.5 Å². The summed E-state index contributed by atoms with van der Waals surface area (Å²) in [7, 11) is 3.26. The molecule has 0 radical (unpaired) electrons. The molecule has 43 heavy (non-hydrogen) atoms. The highest BCUT2D eigenvalue weighted by atomic mass is 16.7. The van der Waals surface area contributed by atoms with Crippen LogP contribution in [0.25, 0.3) is 0 Å². The molecule has 1 saturated carbocycles. The van der Waals surface area contributed by atoms with E-state index in [0.717, 1.165) is 37.7 Å². The van der Waals surface area contributed by atoms with E-state index in [2.05, 4.69) is 61.1 Å². The number of hydrogen-bond donors (Lipinski definition) is 1. The van der Waals surface area contributed by atoms with Gasteiger partial charge >= 0.3 is 5.97 Å². The average molecular weight is 603 g/mol. The fraction of sp³-hybridized carbons (Fsp3) is 0.806. The van der Waals surface area contributed by atoms with Gasteiger partial charge in [-0.15, -0.1) is 0 Å². The van der Waals surface area contributed by atoms with Gasteiger partial charge in [-0.05, 0) is 89.7 Å². The first-order chi connectivity index (χ1) is 20.2. The highest BCUT2D eigenvalue weighted by Crippen LogP contribution is 2.67. The Balaban J connectivity index is 1.78. The predicted octanol–water partition coefficient (Wildman–Crippen LogP) is 6.99. The van der Waals surface area contributed by atoms with Crippen molar-refractivity contribution in [1.82, 2.24) is 0 Å². The monoisotopic (exact) mass is 602 g/mol. The van der Waals surface area contributed by atoms with Crippen LogP contribution in [0.3, 0.4) is 0 Å². The largest absolute Gasteiger partial charge is 0.458 e. The Morgan fingerprint density at radius 3 is 2.33 bits per heavy atom. The van der Waals surface area contributed by atoms with Gasteiger partial charge in [-0.25, -0.2) is 0 Å². The van der Waals surface area contributed by atoms with Crippen molar-refractivity contribution in [2.45, 2.75) is 118 Å². The van der Waals surface area contributed by atoms with E-state index >= 15 is 0 Å². The molecule has 0 bridgehead atoms. The van der Waals surface area contributed by atoms with E-state index in [-0.39, 0.29) is 54.4 Å². The highest BCUT2D eigenvalue weighted by Gasteiger charge is 2.65. The van der Waals surface area contributed by atoms with Crippen molar-refractivity contribution in [3.63, 3.8) is 0 Å². The van der Waals surface area contributed by atoms with Crippen LogP contribution in [0, 0.1) is 39.9 Å². The molecule has 244 valence electrons. The van der Waals surface area contributed by atoms with Crippen molar-refractivity contribution in [3.8, 4) is 0 Å². The summed E-state index contributed by atoms with van der Waals surface area (Å²) in [5.41, 5.74) is 3.73. The molecule has 0 amide bonds. The van der Waals surface area contributed by atoms with E-state index in [1.54, 1.807) is 14.2 Å². The lowest BCUT2D eigenvalue weighted by atomic mass is 9.45. The Bertz CT molecular complexity index is 1100. The molecule has 0 saturated heterocycles. The van der Waals surface area contributed by atoms with Gasteiger partial charge in [-0.3, -0.25) is 4.79 Å². The number of rotatable bonds is 12. The van der Waals surface area contributed by atoms with E-state index in [4.69, 9.17) is 23.7 Å². The molecule has 0 aliphatic heterocycles. The van der Waals surface area contributed by atoms with Gasteiger partial charge in [0.05, 0.1) is 12.2 Å². The normalized spacial score (nSPS) is 37.3. The lowest BCUT2D eigenvalue weighted by Crippen LogP contribution is -2.63. The summed E-state index contributed by atoms with van der Waals surface area (Å²) in [6.07, 6.45) is 5.86. The van der Waals surface area contributed by atoms with Crippen molar-refractivity contribution in [1.29, 1.82) is 0 Å². The first kappa shape index (κ1) is 34.4. The third kappa shape index (κ3) is 5.94. The van der Waals surface area contributed by atoms with Gasteiger partial charge < -0.3 is 28.8 Å². The van der Waals surface area contributed by atoms with Crippen molar-refractivity contribution < 1.29 is 33.6 Å². The molecule has 7 heteroatoms. The third-order valence-electron chi connectivity index (χ3n) is 11.9. The molecular weight excluding hydrogens is 544 g/mol. The summed E-state index contributed by atoms with van der Waals surface area (Å²) >= 11 is 0. The number of carbonyl (C=O) groups is 1. The van der Waals surface area contributed by atoms with Crippen LogP contribution in [-0.4, -0.2) is 63.3 Å². The van der Waals surface area contributed by atoms with Gasteiger partial charge in [0.25, 0.3) is 0 Å². The van der Waals surface area contributed by atoms with Gasteiger partial charge in [0, 0.05) is 26.6 Å². The quantitative estimate of drug-likeness (QED) is 0.146. The zero-order valence-corrected chi connectivity index (χ0v) is 28.5. The summed E-state index contributed by atoms with van der Waals surface area (Å²) in [5, 5.41) is 12.5. The van der Waals surface area contributed by atoms with E-state index in [1.165, 1.54) is 23.6 Å². The van der Waals surface area contributed by atoms with Gasteiger partial charge in [0.2, 0.25) is 0 Å². The number of aliphatic hydroxyl groups excluding tert-OH is 1. The highest BCUT2D eigenvalue weighted by molar-refractivity contribution is 5.67. The minimum absolute atomic E-state index is 0.158. The summed E-state index contributed by atoms with van der Waals surface area (Å²) < 4.78 is 29.4. The van der Waals surface area contributed by atoms with E-state index in [1.807, 2.05) is 0 Å². The SMILES string of the molecule is C=C(CC[C@@H](C)[C@H]1CC=C2C3=C([C@@H](O)[C@H](OC(C)=O)C21C)C1(C)C[C@@H](OCOC)[C@H](OCOC)C(C)(C)C1CC3)C(C)C. The van der Waals surface area contributed by atoms with Crippen molar-refractivity contribution in [2.75, 3.05) is 27.8 Å². The maximum atomic E-state index is 12.7. The number of fused-ring (bicyclic) bond motifs is 4. The standard InChI is InChI=1S/C36H58O7/c1-21(2)22(3)12-13-23(4)26-15-16-27-25-14-17-29-34(6,7)32(42-20-40-11)28(41-19-39-10)18-35(29,8)30(25)31(38)33(36(26,27)9)43-24(5)37/h16,21,23,26,28-29,31-33,38H,3,12-15,17-20H2,1-2,4-11H3/t23-,26-,28-,29?,31-,32+,33+,35?,36?/m1/s1. The van der Waals surface area contributed by atoms with Gasteiger partial charge in [-0.2, -0.15) is 0 Å². The first-order valence-corrected chi connectivity index (χ1v) is 16.3. The minimum atomic E-state index is -0.900. The summed E-state index contributed by atoms with van der Waals surface area (Å²) in [6, 6.07) is 0. The van der Waals surface area contributed by atoms with Crippen LogP contribution >= 0.6 is 0 Å². The molecule has 4 rings (SSSR count). The summed E-state index contributed by atoms with van der Waals surface area (Å²) in [6.45, 7) is 21.9. The van der Waals surface area contributed by atoms with Crippen molar-refractivity contribution >= 4 is 5.97 Å². The second-order valence-corrected chi connectivity index (χ2v) is 15.1. The van der Waals surface area contributed by atoms with Crippen LogP contribution in [0.4, 0.5) is 0 Å². The zero-order valence-electron chi connectivity index (χ0n) is 28.5. The maximum Gasteiger partial charge on any atom is 0.303 e.